The fourth-order valence-electron chi connectivity index (χ4n) is 2.35. The van der Waals surface area contributed by atoms with Crippen molar-refractivity contribution in [2.24, 2.45) is 10.9 Å². The highest BCUT2D eigenvalue weighted by Crippen LogP contribution is 2.18. The summed E-state index contributed by atoms with van der Waals surface area (Å²) in [4.78, 5) is 16.7. The Hall–Kier alpha value is -1.88. The van der Waals surface area contributed by atoms with Crippen LogP contribution in [0.1, 0.15) is 38.8 Å². The molecular weight excluding hydrogens is 292 g/mol. The molecular formula is C18H26N2O3. The number of nitrogens with zero attached hydrogens (tertiary/aromatic N) is 1. The van der Waals surface area contributed by atoms with Gasteiger partial charge >= 0.3 is 0 Å². The lowest BCUT2D eigenvalue weighted by atomic mass is 10.0. The first kappa shape index (κ1) is 17.5. The van der Waals surface area contributed by atoms with E-state index in [0.717, 1.165) is 11.1 Å². The molecule has 0 saturated heterocycles. The molecule has 23 heavy (non-hydrogen) atoms. The predicted octanol–water partition coefficient (Wildman–Crippen LogP) is 1.92. The number of aliphatic imine (C=N–C) groups is 1. The first-order chi connectivity index (χ1) is 10.8. The van der Waals surface area contributed by atoms with Crippen LogP contribution in [0.25, 0.3) is 0 Å². The lowest BCUT2D eigenvalue weighted by Gasteiger charge is -2.23. The van der Waals surface area contributed by atoms with Crippen LogP contribution in [-0.4, -0.2) is 41.7 Å². The monoisotopic (exact) mass is 318 g/mol. The molecule has 2 N–H and O–H groups in total. The maximum absolute atomic E-state index is 12.1. The zero-order valence-electron chi connectivity index (χ0n) is 14.3. The molecule has 1 atom stereocenters. The molecule has 2 rings (SSSR count). The fraction of sp³-hybridized carbons (Fsp3) is 0.556. The van der Waals surface area contributed by atoms with Crippen molar-refractivity contribution in [2.45, 2.75) is 45.7 Å². The summed E-state index contributed by atoms with van der Waals surface area (Å²) in [6.07, 6.45) is 0.262. The quantitative estimate of drug-likeness (QED) is 0.842. The Morgan fingerprint density at radius 1 is 1.48 bits per heavy atom. The van der Waals surface area contributed by atoms with Gasteiger partial charge in [-0.1, -0.05) is 26.0 Å². The molecule has 1 amide bonds. The molecule has 5 nitrogen and oxygen atoms in total. The number of rotatable bonds is 6. The SMILES string of the molecule is CC(C)[C@H]1COC(c2cccc(CC(=O)NC(C)(C)CO)c2)=N1. The molecule has 0 aliphatic carbocycles. The van der Waals surface area contributed by atoms with Crippen molar-refractivity contribution < 1.29 is 14.6 Å². The van der Waals surface area contributed by atoms with E-state index in [1.54, 1.807) is 13.8 Å². The summed E-state index contributed by atoms with van der Waals surface area (Å²) in [6.45, 7) is 8.35. The topological polar surface area (TPSA) is 70.9 Å². The zero-order valence-corrected chi connectivity index (χ0v) is 14.3. The number of benzene rings is 1. The van der Waals surface area contributed by atoms with Crippen LogP contribution >= 0.6 is 0 Å². The van der Waals surface area contributed by atoms with Crippen molar-refractivity contribution in [3.63, 3.8) is 0 Å². The normalized spacial score (nSPS) is 17.8. The van der Waals surface area contributed by atoms with Crippen LogP contribution in [0.3, 0.4) is 0 Å². The molecule has 126 valence electrons. The van der Waals surface area contributed by atoms with E-state index in [1.165, 1.54) is 0 Å². The molecule has 1 aliphatic rings. The Balaban J connectivity index is 2.06. The molecule has 1 aromatic rings. The average molecular weight is 318 g/mol. The van der Waals surface area contributed by atoms with E-state index in [0.29, 0.717) is 18.4 Å². The molecule has 1 aliphatic heterocycles. The molecule has 5 heteroatoms. The number of aliphatic hydroxyl groups is 1. The highest BCUT2D eigenvalue weighted by Gasteiger charge is 2.23. The summed E-state index contributed by atoms with van der Waals surface area (Å²) < 4.78 is 5.69. The van der Waals surface area contributed by atoms with Gasteiger partial charge in [0.15, 0.2) is 0 Å². The molecule has 0 saturated carbocycles. The third-order valence-corrected chi connectivity index (χ3v) is 3.86. The van der Waals surface area contributed by atoms with Gasteiger partial charge in [-0.2, -0.15) is 0 Å². The Morgan fingerprint density at radius 3 is 2.83 bits per heavy atom. The maximum atomic E-state index is 12.1. The summed E-state index contributed by atoms with van der Waals surface area (Å²) in [5.41, 5.74) is 1.19. The Bertz CT molecular complexity index is 594. The molecule has 1 aromatic carbocycles. The van der Waals surface area contributed by atoms with Gasteiger partial charge in [-0.3, -0.25) is 4.79 Å². The van der Waals surface area contributed by atoms with Gasteiger partial charge in [0.1, 0.15) is 6.61 Å². The number of amides is 1. The van der Waals surface area contributed by atoms with Crippen LogP contribution in [-0.2, 0) is 16.0 Å². The van der Waals surface area contributed by atoms with E-state index < -0.39 is 5.54 Å². The van der Waals surface area contributed by atoms with Gasteiger partial charge in [0.05, 0.1) is 24.6 Å². The third kappa shape index (κ3) is 4.79. The lowest BCUT2D eigenvalue weighted by molar-refractivity contribution is -0.122. The van der Waals surface area contributed by atoms with Crippen LogP contribution in [0, 0.1) is 5.92 Å². The van der Waals surface area contributed by atoms with Crippen molar-refractivity contribution in [3.05, 3.63) is 35.4 Å². The van der Waals surface area contributed by atoms with Crippen molar-refractivity contribution in [1.82, 2.24) is 5.32 Å². The first-order valence-corrected chi connectivity index (χ1v) is 8.02. The maximum Gasteiger partial charge on any atom is 0.224 e. The second kappa shape index (κ2) is 7.13. The third-order valence-electron chi connectivity index (χ3n) is 3.86. The van der Waals surface area contributed by atoms with Gasteiger partial charge in [-0.05, 0) is 37.5 Å². The van der Waals surface area contributed by atoms with Crippen LogP contribution < -0.4 is 5.32 Å². The summed E-state index contributed by atoms with van der Waals surface area (Å²) in [5.74, 6) is 0.986. The van der Waals surface area contributed by atoms with Crippen LogP contribution in [0.2, 0.25) is 0 Å². The molecule has 0 bridgehead atoms. The second-order valence-corrected chi connectivity index (χ2v) is 7.02. The van der Waals surface area contributed by atoms with Crippen molar-refractivity contribution in [3.8, 4) is 0 Å². The Kier molecular flexibility index (Phi) is 5.42. The molecule has 0 unspecified atom stereocenters. The largest absolute Gasteiger partial charge is 0.475 e. The van der Waals surface area contributed by atoms with Gasteiger partial charge in [-0.25, -0.2) is 4.99 Å². The predicted molar refractivity (Wildman–Crippen MR) is 90.6 cm³/mol. The van der Waals surface area contributed by atoms with Gasteiger partial charge < -0.3 is 15.2 Å². The van der Waals surface area contributed by atoms with Crippen molar-refractivity contribution >= 4 is 11.8 Å². The van der Waals surface area contributed by atoms with Crippen LogP contribution in [0.15, 0.2) is 29.3 Å². The second-order valence-electron chi connectivity index (χ2n) is 7.02. The minimum atomic E-state index is -0.613. The summed E-state index contributed by atoms with van der Waals surface area (Å²) in [7, 11) is 0. The van der Waals surface area contributed by atoms with Crippen LogP contribution in [0.4, 0.5) is 0 Å². The Labute approximate surface area is 137 Å². The summed E-state index contributed by atoms with van der Waals surface area (Å²) >= 11 is 0. The molecule has 0 spiro atoms. The average Bonchev–Trinajstić information content (AvgIpc) is 2.97. The minimum Gasteiger partial charge on any atom is -0.475 e. The first-order valence-electron chi connectivity index (χ1n) is 8.02. The van der Waals surface area contributed by atoms with Crippen molar-refractivity contribution in [1.29, 1.82) is 0 Å². The number of ether oxygens (including phenoxy) is 1. The number of aliphatic hydroxyl groups excluding tert-OH is 1. The number of nitrogens with one attached hydrogen (secondary N) is 1. The summed E-state index contributed by atoms with van der Waals surface area (Å²) in [5, 5.41) is 12.0. The summed E-state index contributed by atoms with van der Waals surface area (Å²) in [6, 6.07) is 7.89. The van der Waals surface area contributed by atoms with Gasteiger partial charge in [0.2, 0.25) is 11.8 Å². The Morgan fingerprint density at radius 2 is 2.22 bits per heavy atom. The molecule has 0 fully saturated rings. The van der Waals surface area contributed by atoms with Crippen LogP contribution in [0.5, 0.6) is 0 Å². The number of hydrogen-bond acceptors (Lipinski definition) is 4. The lowest BCUT2D eigenvalue weighted by Crippen LogP contribution is -2.46. The van der Waals surface area contributed by atoms with Gasteiger partial charge in [0, 0.05) is 5.56 Å². The van der Waals surface area contributed by atoms with E-state index >= 15 is 0 Å². The standard InChI is InChI=1S/C18H26N2O3/c1-12(2)15-10-23-17(19-15)14-7-5-6-13(8-14)9-16(22)20-18(3,4)11-21/h5-8,12,15,21H,9-11H2,1-4H3,(H,20,22)/t15-/m1/s1. The zero-order chi connectivity index (χ0) is 17.0. The van der Waals surface area contributed by atoms with E-state index in [1.807, 2.05) is 24.3 Å². The molecule has 0 radical (unpaired) electrons. The number of carbonyl (C=O) groups excluding carboxylic acids is 1. The smallest absolute Gasteiger partial charge is 0.224 e. The minimum absolute atomic E-state index is 0.0972. The highest BCUT2D eigenvalue weighted by atomic mass is 16.5. The highest BCUT2D eigenvalue weighted by molar-refractivity contribution is 5.95. The number of carbonyl (C=O) groups is 1. The fourth-order valence-corrected chi connectivity index (χ4v) is 2.35. The van der Waals surface area contributed by atoms with Gasteiger partial charge in [-0.15, -0.1) is 0 Å². The van der Waals surface area contributed by atoms with Crippen molar-refractivity contribution in [2.75, 3.05) is 13.2 Å². The molecule has 0 aromatic heterocycles. The molecule has 1 heterocycles. The van der Waals surface area contributed by atoms with E-state index in [-0.39, 0.29) is 25.0 Å². The van der Waals surface area contributed by atoms with E-state index in [2.05, 4.69) is 24.2 Å². The van der Waals surface area contributed by atoms with Gasteiger partial charge in [0.25, 0.3) is 0 Å². The number of hydrogen-bond donors (Lipinski definition) is 2. The van der Waals surface area contributed by atoms with E-state index in [4.69, 9.17) is 4.74 Å². The van der Waals surface area contributed by atoms with E-state index in [9.17, 15) is 9.90 Å².